The van der Waals surface area contributed by atoms with Crippen molar-refractivity contribution in [3.8, 4) is 0 Å². The van der Waals surface area contributed by atoms with E-state index in [1.165, 1.54) is 55.1 Å². The Bertz CT molecular complexity index is 480. The fourth-order valence-electron chi connectivity index (χ4n) is 6.59. The first kappa shape index (κ1) is 27.1. The summed E-state index contributed by atoms with van der Waals surface area (Å²) in [7, 11) is -2.72. The lowest BCUT2D eigenvalue weighted by molar-refractivity contribution is 0.661. The molecule has 2 aliphatic rings. The molecule has 2 aliphatic heterocycles. The van der Waals surface area contributed by atoms with Crippen LogP contribution in [-0.4, -0.2) is 46.6 Å². The minimum Gasteiger partial charge on any atom is -0.148 e. The maximum atomic E-state index is 2.63. The predicted octanol–water partition coefficient (Wildman–Crippen LogP) is 9.38. The number of thioether (sulfide) groups is 4. The van der Waals surface area contributed by atoms with Crippen LogP contribution in [0.2, 0.25) is 36.3 Å². The number of rotatable bonds is 9. The summed E-state index contributed by atoms with van der Waals surface area (Å²) in [6.45, 7) is 23.4. The smallest absolute Gasteiger partial charge is 0.0918 e. The average molecular weight is 509 g/mol. The summed E-state index contributed by atoms with van der Waals surface area (Å²) in [5.74, 6) is 5.59. The van der Waals surface area contributed by atoms with Crippen molar-refractivity contribution in [2.24, 2.45) is 0 Å². The van der Waals surface area contributed by atoms with Crippen molar-refractivity contribution in [1.82, 2.24) is 0 Å². The van der Waals surface area contributed by atoms with E-state index in [-0.39, 0.29) is 0 Å². The lowest BCUT2D eigenvalue weighted by Gasteiger charge is -2.58. The molecule has 29 heavy (non-hydrogen) atoms. The SMILES string of the molecule is CC(C)[Si](C(C)C)(C(C)C)C1(CCCC2([Si](C)(C)C)SCCCS2)SCCCS1. The van der Waals surface area contributed by atoms with Crippen LogP contribution in [0.4, 0.5) is 0 Å². The Morgan fingerprint density at radius 1 is 0.621 bits per heavy atom. The zero-order valence-corrected chi connectivity index (χ0v) is 26.0. The zero-order chi connectivity index (χ0) is 21.9. The lowest BCUT2D eigenvalue weighted by atomic mass is 10.2. The van der Waals surface area contributed by atoms with Crippen LogP contribution in [0.25, 0.3) is 0 Å². The molecule has 0 aromatic carbocycles. The minimum atomic E-state index is -1.51. The summed E-state index contributed by atoms with van der Waals surface area (Å²) >= 11 is 9.54. The van der Waals surface area contributed by atoms with Gasteiger partial charge >= 0.3 is 0 Å². The molecular formula is C23H48S4Si2. The molecule has 0 amide bonds. The molecule has 0 unspecified atom stereocenters. The molecule has 0 atom stereocenters. The third kappa shape index (κ3) is 5.33. The van der Waals surface area contributed by atoms with E-state index in [1.807, 2.05) is 0 Å². The summed E-state index contributed by atoms with van der Waals surface area (Å²) in [5, 5.41) is 0. The van der Waals surface area contributed by atoms with Gasteiger partial charge in [-0.2, -0.15) is 0 Å². The van der Waals surface area contributed by atoms with Gasteiger partial charge < -0.3 is 0 Å². The van der Waals surface area contributed by atoms with Crippen LogP contribution < -0.4 is 0 Å². The molecule has 172 valence electrons. The quantitative estimate of drug-likeness (QED) is 0.284. The molecule has 0 saturated carbocycles. The van der Waals surface area contributed by atoms with Gasteiger partial charge in [0, 0.05) is 0 Å². The Balaban J connectivity index is 2.30. The molecular weight excluding hydrogens is 461 g/mol. The highest BCUT2D eigenvalue weighted by Gasteiger charge is 2.59. The van der Waals surface area contributed by atoms with E-state index in [0.29, 0.717) is 7.40 Å². The van der Waals surface area contributed by atoms with Crippen LogP contribution in [0.3, 0.4) is 0 Å². The highest BCUT2D eigenvalue weighted by Crippen LogP contribution is 2.63. The topological polar surface area (TPSA) is 0 Å². The van der Waals surface area contributed by atoms with E-state index >= 15 is 0 Å². The summed E-state index contributed by atoms with van der Waals surface area (Å²) in [4.78, 5) is 0. The van der Waals surface area contributed by atoms with E-state index in [1.54, 1.807) is 0 Å². The van der Waals surface area contributed by atoms with Crippen molar-refractivity contribution in [3.05, 3.63) is 0 Å². The molecule has 6 heteroatoms. The molecule has 2 saturated heterocycles. The molecule has 0 aromatic heterocycles. The lowest BCUT2D eigenvalue weighted by Crippen LogP contribution is -2.62. The highest BCUT2D eigenvalue weighted by molar-refractivity contribution is 8.21. The molecule has 0 aromatic rings. The Morgan fingerprint density at radius 3 is 1.31 bits per heavy atom. The predicted molar refractivity (Wildman–Crippen MR) is 153 cm³/mol. The van der Waals surface area contributed by atoms with Gasteiger partial charge in [0.05, 0.1) is 23.6 Å². The molecule has 0 radical (unpaired) electrons. The second kappa shape index (κ2) is 10.8. The largest absolute Gasteiger partial charge is 0.148 e. The molecule has 0 spiro atoms. The van der Waals surface area contributed by atoms with Crippen molar-refractivity contribution in [2.45, 2.75) is 117 Å². The Hall–Kier alpha value is 1.83. The van der Waals surface area contributed by atoms with Gasteiger partial charge in [0.25, 0.3) is 0 Å². The van der Waals surface area contributed by atoms with Crippen LogP contribution in [0.15, 0.2) is 0 Å². The minimum absolute atomic E-state index is 0.534. The van der Waals surface area contributed by atoms with Crippen LogP contribution in [0.5, 0.6) is 0 Å². The summed E-state index contributed by atoms with van der Waals surface area (Å²) in [6.07, 6.45) is 7.21. The Kier molecular flexibility index (Phi) is 10.1. The van der Waals surface area contributed by atoms with Gasteiger partial charge in [0.15, 0.2) is 0 Å². The number of hydrogen-bond acceptors (Lipinski definition) is 4. The van der Waals surface area contributed by atoms with E-state index in [4.69, 9.17) is 0 Å². The van der Waals surface area contributed by atoms with Crippen LogP contribution in [-0.2, 0) is 0 Å². The Labute approximate surface area is 202 Å². The van der Waals surface area contributed by atoms with Crippen molar-refractivity contribution in [3.63, 3.8) is 0 Å². The second-order valence-electron chi connectivity index (χ2n) is 11.1. The average Bonchev–Trinajstić information content (AvgIpc) is 2.62. The van der Waals surface area contributed by atoms with Crippen molar-refractivity contribution >= 4 is 63.2 Å². The third-order valence-electron chi connectivity index (χ3n) is 7.60. The van der Waals surface area contributed by atoms with Gasteiger partial charge in [-0.05, 0) is 71.7 Å². The second-order valence-corrected chi connectivity index (χ2v) is 30.2. The van der Waals surface area contributed by atoms with Crippen LogP contribution in [0, 0.1) is 0 Å². The monoisotopic (exact) mass is 508 g/mol. The van der Waals surface area contributed by atoms with Crippen molar-refractivity contribution in [2.75, 3.05) is 23.0 Å². The highest BCUT2D eigenvalue weighted by atomic mass is 32.2. The van der Waals surface area contributed by atoms with Gasteiger partial charge in [0.2, 0.25) is 0 Å². The summed E-state index contributed by atoms with van der Waals surface area (Å²) in [5.41, 5.74) is 2.60. The normalized spacial score (nSPS) is 23.2. The molecule has 2 heterocycles. The zero-order valence-electron chi connectivity index (χ0n) is 20.7. The molecule has 0 nitrogen and oxygen atoms in total. The van der Waals surface area contributed by atoms with Crippen LogP contribution >= 0.6 is 47.0 Å². The molecule has 2 fully saturated rings. The molecule has 0 bridgehead atoms. The van der Waals surface area contributed by atoms with Gasteiger partial charge in [-0.1, -0.05) is 61.2 Å². The standard InChI is InChI=1S/C23H48S4Si2/c1-19(2)29(20(3)4,21(5)6)23(26-17-12-18-27-23)14-10-13-22(28(7,8)9)24-15-11-16-25-22/h19-21H,10-18H2,1-9H3. The fraction of sp³-hybridized carbons (Fsp3) is 1.00. The Morgan fingerprint density at radius 2 is 0.966 bits per heavy atom. The first-order chi connectivity index (χ1) is 13.5. The maximum Gasteiger partial charge on any atom is 0.0918 e. The fourth-order valence-corrected chi connectivity index (χ4v) is 31.4. The van der Waals surface area contributed by atoms with E-state index in [9.17, 15) is 0 Å². The number of hydrogen-bond donors (Lipinski definition) is 0. The molecule has 0 aliphatic carbocycles. The first-order valence-corrected chi connectivity index (χ1v) is 21.7. The van der Waals surface area contributed by atoms with Gasteiger partial charge in [-0.3, -0.25) is 0 Å². The van der Waals surface area contributed by atoms with E-state index < -0.39 is 16.1 Å². The summed E-state index contributed by atoms with van der Waals surface area (Å²) in [6, 6.07) is 0. The third-order valence-corrected chi connectivity index (χ3v) is 31.0. The van der Waals surface area contributed by atoms with Gasteiger partial charge in [0.1, 0.15) is 0 Å². The summed E-state index contributed by atoms with van der Waals surface area (Å²) < 4.78 is 1.10. The van der Waals surface area contributed by atoms with E-state index in [0.717, 1.165) is 16.6 Å². The van der Waals surface area contributed by atoms with Gasteiger partial charge in [-0.15, -0.1) is 47.0 Å². The van der Waals surface area contributed by atoms with Crippen molar-refractivity contribution in [1.29, 1.82) is 0 Å². The molecule has 0 N–H and O–H groups in total. The first-order valence-electron chi connectivity index (χ1n) is 12.0. The van der Waals surface area contributed by atoms with Gasteiger partial charge in [-0.25, -0.2) is 0 Å². The molecule has 2 rings (SSSR count). The van der Waals surface area contributed by atoms with E-state index in [2.05, 4.69) is 108 Å². The van der Waals surface area contributed by atoms with Crippen LogP contribution in [0.1, 0.15) is 73.6 Å². The maximum absolute atomic E-state index is 2.63. The van der Waals surface area contributed by atoms with Crippen molar-refractivity contribution < 1.29 is 0 Å².